The van der Waals surface area contributed by atoms with E-state index < -0.39 is 28.6 Å². The van der Waals surface area contributed by atoms with Gasteiger partial charge < -0.3 is 0 Å². The van der Waals surface area contributed by atoms with Crippen LogP contribution in [0.2, 0.25) is 0 Å². The molecular weight excluding hydrogens is 348 g/mol. The number of hydrogen-bond acceptors (Lipinski definition) is 5. The van der Waals surface area contributed by atoms with Crippen molar-refractivity contribution in [1.29, 1.82) is 0 Å². The van der Waals surface area contributed by atoms with Crippen LogP contribution in [0, 0.1) is 22.0 Å². The zero-order valence-electron chi connectivity index (χ0n) is 14.1. The van der Waals surface area contributed by atoms with Crippen molar-refractivity contribution < 1.29 is 19.3 Å². The molecule has 2 aromatic rings. The molecule has 27 heavy (non-hydrogen) atoms. The third-order valence-corrected chi connectivity index (χ3v) is 5.99. The van der Waals surface area contributed by atoms with Gasteiger partial charge in [-0.05, 0) is 17.2 Å². The zero-order chi connectivity index (χ0) is 18.9. The molecule has 0 N–H and O–H groups in total. The van der Waals surface area contributed by atoms with Crippen LogP contribution in [0.25, 0.3) is 0 Å². The summed E-state index contributed by atoms with van der Waals surface area (Å²) in [5.74, 6) is -3.07. The fourth-order valence-electron chi connectivity index (χ4n) is 4.96. The van der Waals surface area contributed by atoms with Gasteiger partial charge in [0.05, 0.1) is 28.4 Å². The van der Waals surface area contributed by atoms with Crippen molar-refractivity contribution in [3.63, 3.8) is 0 Å². The summed E-state index contributed by atoms with van der Waals surface area (Å²) in [7, 11) is 0. The molecule has 7 nitrogen and oxygen atoms in total. The molecule has 134 valence electrons. The van der Waals surface area contributed by atoms with Crippen LogP contribution in [0.1, 0.15) is 29.4 Å². The van der Waals surface area contributed by atoms with Crippen molar-refractivity contribution in [3.05, 3.63) is 69.8 Å². The highest BCUT2D eigenvalue weighted by Crippen LogP contribution is 2.57. The molecule has 1 heterocycles. The number of benzene rings is 2. The Bertz CT molecular complexity index is 1050. The second-order valence-electron chi connectivity index (χ2n) is 7.22. The highest BCUT2D eigenvalue weighted by Gasteiger charge is 2.62. The third kappa shape index (κ3) is 1.99. The Balaban J connectivity index is 1.63. The minimum atomic E-state index is -0.724. The Morgan fingerprint density at radius 3 is 2.37 bits per heavy atom. The lowest BCUT2D eigenvalue weighted by atomic mass is 9.56. The van der Waals surface area contributed by atoms with Gasteiger partial charge in [0.1, 0.15) is 5.78 Å². The van der Waals surface area contributed by atoms with Gasteiger partial charge in [-0.2, -0.15) is 0 Å². The molecule has 3 aliphatic carbocycles. The molecule has 0 spiro atoms. The summed E-state index contributed by atoms with van der Waals surface area (Å²) in [4.78, 5) is 50.5. The average molecular weight is 362 g/mol. The van der Waals surface area contributed by atoms with Crippen molar-refractivity contribution in [2.24, 2.45) is 11.8 Å². The molecular formula is C20H14N2O5. The number of nitrogens with zero attached hydrogens (tertiary/aromatic N) is 2. The molecule has 1 saturated heterocycles. The Kier molecular flexibility index (Phi) is 3.13. The van der Waals surface area contributed by atoms with Gasteiger partial charge in [-0.1, -0.05) is 30.3 Å². The summed E-state index contributed by atoms with van der Waals surface area (Å²) in [6.07, 6.45) is 0.255. The maximum absolute atomic E-state index is 13.2. The maximum atomic E-state index is 13.2. The third-order valence-electron chi connectivity index (χ3n) is 5.99. The summed E-state index contributed by atoms with van der Waals surface area (Å²) in [5.41, 5.74) is 1.79. The second kappa shape index (κ2) is 5.33. The van der Waals surface area contributed by atoms with Gasteiger partial charge >= 0.3 is 0 Å². The topological polar surface area (TPSA) is 97.6 Å². The fourth-order valence-corrected chi connectivity index (χ4v) is 4.96. The Morgan fingerprint density at radius 1 is 0.926 bits per heavy atom. The molecule has 2 aromatic carbocycles. The molecule has 4 aliphatic rings. The van der Waals surface area contributed by atoms with E-state index in [0.29, 0.717) is 0 Å². The molecule has 2 bridgehead atoms. The molecule has 0 radical (unpaired) electrons. The minimum absolute atomic E-state index is 0.0120. The van der Waals surface area contributed by atoms with E-state index in [1.165, 1.54) is 24.3 Å². The number of hydrogen-bond donors (Lipinski definition) is 0. The fraction of sp³-hybridized carbons (Fsp3) is 0.250. The van der Waals surface area contributed by atoms with Gasteiger partial charge in [0.25, 0.3) is 5.69 Å². The van der Waals surface area contributed by atoms with Crippen molar-refractivity contribution in [1.82, 2.24) is 0 Å². The summed E-state index contributed by atoms with van der Waals surface area (Å²) in [6.45, 7) is 0. The minimum Gasteiger partial charge on any atom is -0.299 e. The lowest BCUT2D eigenvalue weighted by Crippen LogP contribution is -2.44. The highest BCUT2D eigenvalue weighted by atomic mass is 16.6. The monoisotopic (exact) mass is 362 g/mol. The zero-order valence-corrected chi connectivity index (χ0v) is 14.1. The molecule has 6 rings (SSSR count). The van der Waals surface area contributed by atoms with Gasteiger partial charge in [0, 0.05) is 24.5 Å². The van der Waals surface area contributed by atoms with E-state index in [0.717, 1.165) is 16.0 Å². The number of nitro groups is 1. The van der Waals surface area contributed by atoms with Gasteiger partial charge in [0.15, 0.2) is 0 Å². The van der Waals surface area contributed by atoms with Crippen LogP contribution in [0.15, 0.2) is 48.5 Å². The number of nitro benzene ring substituents is 1. The van der Waals surface area contributed by atoms with E-state index >= 15 is 0 Å². The van der Waals surface area contributed by atoms with E-state index in [1.807, 2.05) is 24.3 Å². The smallest absolute Gasteiger partial charge is 0.271 e. The van der Waals surface area contributed by atoms with Gasteiger partial charge in [-0.3, -0.25) is 24.5 Å². The Hall–Kier alpha value is -3.35. The summed E-state index contributed by atoms with van der Waals surface area (Å²) in [6, 6.07) is 13.0. The van der Waals surface area contributed by atoms with Crippen molar-refractivity contribution in [3.8, 4) is 0 Å². The van der Waals surface area contributed by atoms with Crippen LogP contribution in [0.3, 0.4) is 0 Å². The van der Waals surface area contributed by atoms with E-state index in [4.69, 9.17) is 0 Å². The first kappa shape index (κ1) is 15.9. The number of Topliss-reactive ketones (excluding diaryl/α,β-unsaturated/α-hetero) is 1. The van der Waals surface area contributed by atoms with E-state index in [9.17, 15) is 24.5 Å². The van der Waals surface area contributed by atoms with Crippen molar-refractivity contribution >= 4 is 29.0 Å². The number of carbonyl (C=O) groups is 3. The summed E-state index contributed by atoms with van der Waals surface area (Å²) in [5, 5.41) is 11.1. The highest BCUT2D eigenvalue weighted by molar-refractivity contribution is 6.24. The van der Waals surface area contributed by atoms with Crippen LogP contribution in [-0.2, 0) is 14.4 Å². The molecule has 1 aliphatic heterocycles. The number of carbonyl (C=O) groups excluding carboxylic acids is 3. The molecule has 2 fully saturated rings. The Morgan fingerprint density at radius 2 is 1.63 bits per heavy atom. The summed E-state index contributed by atoms with van der Waals surface area (Å²) < 4.78 is 0. The summed E-state index contributed by atoms with van der Waals surface area (Å²) >= 11 is 0. The predicted molar refractivity (Wildman–Crippen MR) is 94.1 cm³/mol. The molecule has 0 unspecified atom stereocenters. The van der Waals surface area contributed by atoms with E-state index in [-0.39, 0.29) is 35.4 Å². The standard InChI is InChI=1S/C20H14N2O5/c23-15-9-14-12-6-1-2-7-13(12)16(15)18-17(14)19(24)21(20(18)25)10-4-3-5-11(8-10)22(26)27/h1-8,14,16-18H,9H2/t14-,16+,17-,18-/m1/s1. The number of fused-ring (bicyclic) bond motifs is 1. The van der Waals surface area contributed by atoms with Crippen molar-refractivity contribution in [2.75, 3.05) is 4.90 Å². The van der Waals surface area contributed by atoms with E-state index in [1.54, 1.807) is 0 Å². The second-order valence-corrected chi connectivity index (χ2v) is 7.22. The van der Waals surface area contributed by atoms with Crippen LogP contribution in [-0.4, -0.2) is 22.5 Å². The maximum Gasteiger partial charge on any atom is 0.271 e. The number of imide groups is 1. The number of anilines is 1. The number of ketones is 1. The molecule has 1 saturated carbocycles. The molecule has 2 amide bonds. The first-order valence-electron chi connectivity index (χ1n) is 8.73. The number of amides is 2. The molecule has 4 atom stereocenters. The average Bonchev–Trinajstić information content (AvgIpc) is 2.94. The van der Waals surface area contributed by atoms with Gasteiger partial charge in [-0.25, -0.2) is 4.90 Å². The van der Waals surface area contributed by atoms with Crippen LogP contribution in [0.4, 0.5) is 11.4 Å². The lowest BCUT2D eigenvalue weighted by Gasteiger charge is -2.43. The van der Waals surface area contributed by atoms with Crippen LogP contribution >= 0.6 is 0 Å². The van der Waals surface area contributed by atoms with Crippen LogP contribution < -0.4 is 4.90 Å². The lowest BCUT2D eigenvalue weighted by molar-refractivity contribution is -0.384. The SMILES string of the molecule is O=C1C[C@@H]2c3ccccc3[C@@H]1[C@H]1C(=O)N(c3cccc([N+](=O)[O-])c3)C(=O)[C@@H]12. The normalized spacial score (nSPS) is 28.3. The largest absolute Gasteiger partial charge is 0.299 e. The number of non-ortho nitro benzene ring substituents is 1. The van der Waals surface area contributed by atoms with Crippen molar-refractivity contribution in [2.45, 2.75) is 18.3 Å². The first-order chi connectivity index (χ1) is 13.0. The predicted octanol–water partition coefficient (Wildman–Crippen LogP) is 2.55. The van der Waals surface area contributed by atoms with Gasteiger partial charge in [0.2, 0.25) is 11.8 Å². The van der Waals surface area contributed by atoms with Crippen LogP contribution in [0.5, 0.6) is 0 Å². The number of rotatable bonds is 2. The first-order valence-corrected chi connectivity index (χ1v) is 8.73. The molecule has 7 heteroatoms. The Labute approximate surface area is 153 Å². The van der Waals surface area contributed by atoms with E-state index in [2.05, 4.69) is 0 Å². The molecule has 0 aromatic heterocycles. The van der Waals surface area contributed by atoms with Gasteiger partial charge in [-0.15, -0.1) is 0 Å². The quantitative estimate of drug-likeness (QED) is 0.465.